The summed E-state index contributed by atoms with van der Waals surface area (Å²) in [6.07, 6.45) is 2.46. The second-order valence-electron chi connectivity index (χ2n) is 6.78. The molecular weight excluding hydrogens is 361 g/mol. The number of nitrogens with zero attached hydrogens (tertiary/aromatic N) is 2. The summed E-state index contributed by atoms with van der Waals surface area (Å²) in [6.45, 7) is 5.17. The summed E-state index contributed by atoms with van der Waals surface area (Å²) < 4.78 is 13.6. The smallest absolute Gasteiger partial charge is 0.254 e. The first kappa shape index (κ1) is 21.7. The Morgan fingerprint density at radius 2 is 1.93 bits per heavy atom. The van der Waals surface area contributed by atoms with Crippen molar-refractivity contribution in [3.8, 4) is 0 Å². The number of rotatable bonds is 7. The van der Waals surface area contributed by atoms with Crippen molar-refractivity contribution in [2.24, 2.45) is 10.9 Å². The number of carbonyl (C=O) groups excluding carboxylic acids is 2. The Kier molecular flexibility index (Phi) is 8.71. The highest BCUT2D eigenvalue weighted by atomic mass is 19.1. The Morgan fingerprint density at radius 3 is 2.57 bits per heavy atom. The molecule has 1 fully saturated rings. The minimum Gasteiger partial charge on any atom is -0.359 e. The van der Waals surface area contributed by atoms with Crippen LogP contribution in [0.25, 0.3) is 0 Å². The fraction of sp³-hybridized carbons (Fsp3) is 0.550. The van der Waals surface area contributed by atoms with Crippen LogP contribution in [-0.2, 0) is 4.79 Å². The normalized spacial score (nSPS) is 15.2. The number of amides is 2. The zero-order valence-electron chi connectivity index (χ0n) is 16.6. The molecule has 154 valence electrons. The average molecular weight is 391 g/mol. The maximum absolute atomic E-state index is 13.6. The molecule has 8 heteroatoms. The van der Waals surface area contributed by atoms with E-state index in [0.29, 0.717) is 25.4 Å². The standard InChI is InChI=1S/C20H30FN5O2/c1-3-23-20(26-12-8-15(9-13-26)14-18(27)22-2)25-11-10-24-19(28)16-6-4-5-7-17(16)21/h4-7,15H,3,8-14H2,1-2H3,(H,22,27)(H,23,25)(H,24,28). The van der Waals surface area contributed by atoms with E-state index < -0.39 is 11.7 Å². The highest BCUT2D eigenvalue weighted by molar-refractivity contribution is 5.94. The summed E-state index contributed by atoms with van der Waals surface area (Å²) >= 11 is 0. The first-order chi connectivity index (χ1) is 13.5. The average Bonchev–Trinajstić information content (AvgIpc) is 2.71. The summed E-state index contributed by atoms with van der Waals surface area (Å²) in [5, 5.41) is 8.65. The highest BCUT2D eigenvalue weighted by Gasteiger charge is 2.23. The molecule has 1 aliphatic rings. The maximum atomic E-state index is 13.6. The lowest BCUT2D eigenvalue weighted by Gasteiger charge is -2.34. The third kappa shape index (κ3) is 6.51. The molecule has 1 heterocycles. The first-order valence-electron chi connectivity index (χ1n) is 9.81. The van der Waals surface area contributed by atoms with E-state index in [1.165, 1.54) is 12.1 Å². The Balaban J connectivity index is 1.81. The Bertz CT molecular complexity index is 687. The predicted octanol–water partition coefficient (Wildman–Crippen LogP) is 1.37. The molecule has 0 aromatic heterocycles. The van der Waals surface area contributed by atoms with Gasteiger partial charge in [-0.2, -0.15) is 0 Å². The second-order valence-corrected chi connectivity index (χ2v) is 6.78. The van der Waals surface area contributed by atoms with Gasteiger partial charge in [0.05, 0.1) is 12.1 Å². The quantitative estimate of drug-likeness (QED) is 0.372. The van der Waals surface area contributed by atoms with E-state index in [-0.39, 0.29) is 11.5 Å². The summed E-state index contributed by atoms with van der Waals surface area (Å²) in [4.78, 5) is 30.3. The van der Waals surface area contributed by atoms with Crippen molar-refractivity contribution >= 4 is 17.8 Å². The van der Waals surface area contributed by atoms with E-state index in [4.69, 9.17) is 0 Å². The predicted molar refractivity (Wildman–Crippen MR) is 108 cm³/mol. The lowest BCUT2D eigenvalue weighted by Crippen LogP contribution is -2.46. The lowest BCUT2D eigenvalue weighted by molar-refractivity contribution is -0.121. The van der Waals surface area contributed by atoms with E-state index in [0.717, 1.165) is 38.4 Å². The fourth-order valence-corrected chi connectivity index (χ4v) is 3.21. The van der Waals surface area contributed by atoms with Crippen LogP contribution < -0.4 is 16.0 Å². The van der Waals surface area contributed by atoms with E-state index in [9.17, 15) is 14.0 Å². The fourth-order valence-electron chi connectivity index (χ4n) is 3.21. The number of hydrogen-bond acceptors (Lipinski definition) is 3. The van der Waals surface area contributed by atoms with Gasteiger partial charge < -0.3 is 20.9 Å². The van der Waals surface area contributed by atoms with Crippen LogP contribution in [0.3, 0.4) is 0 Å². The van der Waals surface area contributed by atoms with Crippen LogP contribution in [0.4, 0.5) is 4.39 Å². The van der Waals surface area contributed by atoms with Gasteiger partial charge in [-0.15, -0.1) is 0 Å². The van der Waals surface area contributed by atoms with Crippen LogP contribution in [0.5, 0.6) is 0 Å². The Hall–Kier alpha value is -2.64. The Morgan fingerprint density at radius 1 is 1.21 bits per heavy atom. The molecule has 1 saturated heterocycles. The number of likely N-dealkylation sites (tertiary alicyclic amines) is 1. The van der Waals surface area contributed by atoms with Gasteiger partial charge in [-0.25, -0.2) is 4.39 Å². The number of carbonyl (C=O) groups is 2. The van der Waals surface area contributed by atoms with Crippen LogP contribution in [0.15, 0.2) is 29.3 Å². The topological polar surface area (TPSA) is 85.8 Å². The van der Waals surface area contributed by atoms with Gasteiger partial charge in [0.2, 0.25) is 5.91 Å². The molecule has 1 aromatic rings. The third-order valence-corrected chi connectivity index (χ3v) is 4.78. The van der Waals surface area contributed by atoms with Crippen LogP contribution in [0.2, 0.25) is 0 Å². The lowest BCUT2D eigenvalue weighted by atomic mass is 9.93. The van der Waals surface area contributed by atoms with E-state index in [2.05, 4.69) is 25.8 Å². The molecule has 2 amide bonds. The molecule has 0 unspecified atom stereocenters. The number of nitrogens with one attached hydrogen (secondary N) is 3. The molecule has 1 aliphatic heterocycles. The molecule has 0 saturated carbocycles. The van der Waals surface area contributed by atoms with E-state index in [1.807, 2.05) is 6.92 Å². The molecule has 0 radical (unpaired) electrons. The zero-order chi connectivity index (χ0) is 20.4. The number of aliphatic imine (C=N–C) groups is 1. The zero-order valence-corrected chi connectivity index (χ0v) is 16.6. The number of hydrogen-bond donors (Lipinski definition) is 3. The molecule has 0 spiro atoms. The number of halogens is 1. The van der Waals surface area contributed by atoms with Gasteiger partial charge in [-0.1, -0.05) is 12.1 Å². The molecule has 2 rings (SSSR count). The summed E-state index contributed by atoms with van der Waals surface area (Å²) in [5.74, 6) is 0.328. The second kappa shape index (κ2) is 11.3. The molecule has 3 N–H and O–H groups in total. The largest absolute Gasteiger partial charge is 0.359 e. The first-order valence-corrected chi connectivity index (χ1v) is 9.81. The number of benzene rings is 1. The van der Waals surface area contributed by atoms with Crippen molar-refractivity contribution in [3.63, 3.8) is 0 Å². The number of guanidine groups is 1. The van der Waals surface area contributed by atoms with Crippen molar-refractivity contribution in [2.75, 3.05) is 39.8 Å². The van der Waals surface area contributed by atoms with Gasteiger partial charge in [0, 0.05) is 39.6 Å². The van der Waals surface area contributed by atoms with Crippen LogP contribution in [0, 0.1) is 11.7 Å². The molecular formula is C20H30FN5O2. The monoisotopic (exact) mass is 391 g/mol. The van der Waals surface area contributed by atoms with Gasteiger partial charge in [0.1, 0.15) is 5.82 Å². The van der Waals surface area contributed by atoms with Crippen molar-refractivity contribution < 1.29 is 14.0 Å². The van der Waals surface area contributed by atoms with Gasteiger partial charge in [-0.3, -0.25) is 14.6 Å². The Labute approximate surface area is 165 Å². The summed E-state index contributed by atoms with van der Waals surface area (Å²) in [7, 11) is 1.67. The minimum absolute atomic E-state index is 0.0385. The highest BCUT2D eigenvalue weighted by Crippen LogP contribution is 2.20. The third-order valence-electron chi connectivity index (χ3n) is 4.78. The van der Waals surface area contributed by atoms with Crippen LogP contribution in [-0.4, -0.2) is 62.4 Å². The summed E-state index contributed by atoms with van der Waals surface area (Å²) in [5.41, 5.74) is 0.0385. The molecule has 0 bridgehead atoms. The minimum atomic E-state index is -0.531. The van der Waals surface area contributed by atoms with Crippen molar-refractivity contribution in [2.45, 2.75) is 26.2 Å². The van der Waals surface area contributed by atoms with Gasteiger partial charge in [0.25, 0.3) is 5.91 Å². The molecule has 7 nitrogen and oxygen atoms in total. The van der Waals surface area contributed by atoms with Crippen LogP contribution >= 0.6 is 0 Å². The van der Waals surface area contributed by atoms with Crippen molar-refractivity contribution in [3.05, 3.63) is 35.6 Å². The van der Waals surface area contributed by atoms with Gasteiger partial charge in [-0.05, 0) is 37.8 Å². The number of piperidine rings is 1. The van der Waals surface area contributed by atoms with Gasteiger partial charge in [0.15, 0.2) is 5.96 Å². The molecule has 0 atom stereocenters. The maximum Gasteiger partial charge on any atom is 0.254 e. The molecule has 28 heavy (non-hydrogen) atoms. The van der Waals surface area contributed by atoms with Crippen molar-refractivity contribution in [1.82, 2.24) is 20.9 Å². The SMILES string of the molecule is CCNC(=NCCNC(=O)c1ccccc1F)N1CCC(CC(=O)NC)CC1. The van der Waals surface area contributed by atoms with Gasteiger partial charge >= 0.3 is 0 Å². The summed E-state index contributed by atoms with van der Waals surface area (Å²) in [6, 6.07) is 5.91. The van der Waals surface area contributed by atoms with Crippen molar-refractivity contribution in [1.29, 1.82) is 0 Å². The van der Waals surface area contributed by atoms with E-state index >= 15 is 0 Å². The molecule has 1 aromatic carbocycles. The molecule has 0 aliphatic carbocycles. The van der Waals surface area contributed by atoms with E-state index in [1.54, 1.807) is 19.2 Å². The van der Waals surface area contributed by atoms with Crippen LogP contribution in [0.1, 0.15) is 36.5 Å².